The number of hydrogen-bond acceptors (Lipinski definition) is 5. The van der Waals surface area contributed by atoms with Gasteiger partial charge in [-0.2, -0.15) is 0 Å². The largest absolute Gasteiger partial charge is 0.376 e. The summed E-state index contributed by atoms with van der Waals surface area (Å²) < 4.78 is 0. The third-order valence-corrected chi connectivity index (χ3v) is 9.49. The number of anilines is 4. The van der Waals surface area contributed by atoms with Crippen molar-refractivity contribution in [3.63, 3.8) is 0 Å². The van der Waals surface area contributed by atoms with Gasteiger partial charge in [-0.15, -0.1) is 11.3 Å². The van der Waals surface area contributed by atoms with Crippen LogP contribution in [0.1, 0.15) is 0 Å². The Morgan fingerprint density at radius 1 is 0.595 bits per heavy atom. The molecule has 0 fully saturated rings. The number of aromatic nitrogens is 1. The number of fused-ring (bicyclic) bond motifs is 11. The number of nitrogens with zero attached hydrogens (tertiary/aromatic N) is 4. The molecule has 5 aromatic carbocycles. The maximum absolute atomic E-state index is 4.65. The number of rotatable bonds is 3. The van der Waals surface area contributed by atoms with E-state index in [2.05, 4.69) is 153 Å². The highest BCUT2D eigenvalue weighted by Crippen LogP contribution is 2.46. The molecule has 0 aliphatic carbocycles. The third-order valence-electron chi connectivity index (χ3n) is 8.67. The van der Waals surface area contributed by atoms with Crippen LogP contribution in [0, 0.1) is 0 Å². The Bertz CT molecular complexity index is 2000. The van der Waals surface area contributed by atoms with E-state index in [1.54, 1.807) is 11.3 Å². The zero-order valence-corrected chi connectivity index (χ0v) is 23.6. The fraction of sp³-hybridized carbons (Fsp3) is 0.0278. The maximum Gasteiger partial charge on any atom is 0.329 e. The van der Waals surface area contributed by atoms with E-state index in [4.69, 9.17) is 0 Å². The van der Waals surface area contributed by atoms with Crippen molar-refractivity contribution in [2.45, 2.75) is 0 Å². The van der Waals surface area contributed by atoms with Crippen molar-refractivity contribution >= 4 is 51.9 Å². The van der Waals surface area contributed by atoms with Gasteiger partial charge in [0.2, 0.25) is 0 Å². The smallest absolute Gasteiger partial charge is 0.329 e. The lowest BCUT2D eigenvalue weighted by Crippen LogP contribution is -2.59. The van der Waals surface area contributed by atoms with Crippen molar-refractivity contribution in [2.75, 3.05) is 21.3 Å². The molecule has 0 saturated heterocycles. The Hall–Kier alpha value is -5.07. The van der Waals surface area contributed by atoms with Crippen molar-refractivity contribution in [3.05, 3.63) is 139 Å². The van der Waals surface area contributed by atoms with Crippen LogP contribution < -0.4 is 25.5 Å². The molecule has 0 unspecified atom stereocenters. The summed E-state index contributed by atoms with van der Waals surface area (Å²) in [5, 5.41) is 3.11. The monoisotopic (exact) mass is 556 g/mol. The second kappa shape index (κ2) is 9.23. The number of para-hydroxylation sites is 3. The van der Waals surface area contributed by atoms with Gasteiger partial charge in [0.15, 0.2) is 0 Å². The van der Waals surface area contributed by atoms with Gasteiger partial charge in [-0.05, 0) is 58.5 Å². The summed E-state index contributed by atoms with van der Waals surface area (Å²) in [6.07, 6.45) is 6.25. The molecule has 0 saturated carbocycles. The van der Waals surface area contributed by atoms with Gasteiger partial charge in [0.25, 0.3) is 0 Å². The van der Waals surface area contributed by atoms with Crippen molar-refractivity contribution in [1.82, 2.24) is 4.98 Å². The topological polar surface area (TPSA) is 22.6 Å². The first-order valence-electron chi connectivity index (χ1n) is 14.3. The van der Waals surface area contributed by atoms with Crippen molar-refractivity contribution in [3.8, 4) is 32.8 Å². The van der Waals surface area contributed by atoms with Crippen LogP contribution in [0.2, 0.25) is 0 Å². The van der Waals surface area contributed by atoms with Crippen molar-refractivity contribution in [1.29, 1.82) is 0 Å². The van der Waals surface area contributed by atoms with E-state index in [0.29, 0.717) is 0 Å². The molecule has 1 aromatic heterocycles. The van der Waals surface area contributed by atoms with Crippen LogP contribution >= 0.6 is 11.3 Å². The lowest BCUT2D eigenvalue weighted by Gasteiger charge is -2.43. The lowest BCUT2D eigenvalue weighted by atomic mass is 9.43. The van der Waals surface area contributed by atoms with Gasteiger partial charge in [0.1, 0.15) is 5.01 Å². The standard InChI is InChI=1S/C36H25BN4S/c1-2-8-26(9-3-1)39-19-20-40(24-39)27-15-17-29-31-11-5-7-13-35(31)41-34-12-6-4-10-30(34)28-16-14-25(36-38-18-21-42-36)22-32(28)37(41)33(29)23-27/h1-23H,24H2. The third kappa shape index (κ3) is 3.52. The minimum Gasteiger partial charge on any atom is -0.376 e. The second-order valence-corrected chi connectivity index (χ2v) is 11.8. The molecule has 0 atom stereocenters. The minimum atomic E-state index is 0.0384. The summed E-state index contributed by atoms with van der Waals surface area (Å²) in [6.45, 7) is 0.818. The Morgan fingerprint density at radius 2 is 1.24 bits per heavy atom. The van der Waals surface area contributed by atoms with E-state index in [1.165, 1.54) is 61.5 Å². The van der Waals surface area contributed by atoms with Crippen LogP contribution in [0.25, 0.3) is 32.8 Å². The van der Waals surface area contributed by atoms with E-state index in [0.717, 1.165) is 11.7 Å². The molecule has 3 aliphatic heterocycles. The molecule has 4 nitrogen and oxygen atoms in total. The molecule has 6 aromatic rings. The molecule has 0 amide bonds. The molecular formula is C36H25BN4S. The van der Waals surface area contributed by atoms with E-state index in [9.17, 15) is 0 Å². The number of benzene rings is 5. The highest BCUT2D eigenvalue weighted by molar-refractivity contribution is 7.13. The molecule has 9 rings (SSSR count). The van der Waals surface area contributed by atoms with Crippen LogP contribution in [0.15, 0.2) is 139 Å². The average molecular weight is 557 g/mol. The first-order valence-corrected chi connectivity index (χ1v) is 15.1. The molecule has 0 bridgehead atoms. The zero-order chi connectivity index (χ0) is 27.6. The van der Waals surface area contributed by atoms with Crippen molar-refractivity contribution < 1.29 is 0 Å². The molecule has 0 radical (unpaired) electrons. The van der Waals surface area contributed by atoms with Crippen LogP contribution in [0.3, 0.4) is 0 Å². The fourth-order valence-electron chi connectivity index (χ4n) is 6.78. The minimum absolute atomic E-state index is 0.0384. The second-order valence-electron chi connectivity index (χ2n) is 10.9. The van der Waals surface area contributed by atoms with Gasteiger partial charge in [0, 0.05) is 63.4 Å². The summed E-state index contributed by atoms with van der Waals surface area (Å²) in [4.78, 5) is 11.8. The maximum atomic E-state index is 4.65. The van der Waals surface area contributed by atoms with Crippen LogP contribution in [0.4, 0.5) is 22.7 Å². The van der Waals surface area contributed by atoms with E-state index in [-0.39, 0.29) is 6.85 Å². The summed E-state index contributed by atoms with van der Waals surface area (Å²) in [5.74, 6) is 0. The van der Waals surface area contributed by atoms with Gasteiger partial charge in [0.05, 0.1) is 6.67 Å². The van der Waals surface area contributed by atoms with E-state index >= 15 is 0 Å². The zero-order valence-electron chi connectivity index (χ0n) is 22.8. The van der Waals surface area contributed by atoms with Gasteiger partial charge >= 0.3 is 6.85 Å². The van der Waals surface area contributed by atoms with Gasteiger partial charge in [-0.1, -0.05) is 78.9 Å². The molecule has 198 valence electrons. The predicted molar refractivity (Wildman–Crippen MR) is 177 cm³/mol. The Morgan fingerprint density at radius 3 is 1.95 bits per heavy atom. The molecule has 0 spiro atoms. The Balaban J connectivity index is 1.24. The molecule has 0 N–H and O–H groups in total. The number of hydrogen-bond donors (Lipinski definition) is 0. The molecule has 3 aliphatic rings. The number of thiazole rings is 1. The predicted octanol–water partition coefficient (Wildman–Crippen LogP) is 7.47. The summed E-state index contributed by atoms with van der Waals surface area (Å²) >= 11 is 1.69. The van der Waals surface area contributed by atoms with Crippen LogP contribution in [-0.4, -0.2) is 18.5 Å². The normalized spacial score (nSPS) is 14.3. The first-order chi connectivity index (χ1) is 20.8. The SMILES string of the molecule is C1=CN(c2ccc3c(c2)B2c4cc(-c5nccs5)ccc4-c4ccccc4N2c2ccccc2-3)CN1c1ccccc1. The highest BCUT2D eigenvalue weighted by Gasteiger charge is 2.42. The van der Waals surface area contributed by atoms with Crippen LogP contribution in [0.5, 0.6) is 0 Å². The first kappa shape index (κ1) is 23.6. The van der Waals surface area contributed by atoms with Crippen LogP contribution in [-0.2, 0) is 0 Å². The average Bonchev–Trinajstić information content (AvgIpc) is 3.78. The summed E-state index contributed by atoms with van der Waals surface area (Å²) in [5.41, 5.74) is 13.8. The molecular weight excluding hydrogens is 531 g/mol. The van der Waals surface area contributed by atoms with Gasteiger partial charge in [-0.25, -0.2) is 4.98 Å². The van der Waals surface area contributed by atoms with Gasteiger partial charge < -0.3 is 14.6 Å². The fourth-order valence-corrected chi connectivity index (χ4v) is 7.42. The van der Waals surface area contributed by atoms with E-state index in [1.807, 2.05) is 6.20 Å². The Labute approximate surface area is 249 Å². The van der Waals surface area contributed by atoms with Crippen molar-refractivity contribution in [2.24, 2.45) is 0 Å². The quantitative estimate of drug-likeness (QED) is 0.211. The molecule has 4 heterocycles. The van der Waals surface area contributed by atoms with Gasteiger partial charge in [-0.3, -0.25) is 0 Å². The summed E-state index contributed by atoms with van der Waals surface area (Å²) in [6, 6.07) is 42.2. The van der Waals surface area contributed by atoms with E-state index < -0.39 is 0 Å². The Kier molecular flexibility index (Phi) is 5.19. The molecule has 6 heteroatoms. The lowest BCUT2D eigenvalue weighted by molar-refractivity contribution is 0.976. The highest BCUT2D eigenvalue weighted by atomic mass is 32.1. The summed E-state index contributed by atoms with van der Waals surface area (Å²) in [7, 11) is 0. The molecule has 42 heavy (non-hydrogen) atoms.